The van der Waals surface area contributed by atoms with E-state index >= 15 is 0 Å². The van der Waals surface area contributed by atoms with Crippen LogP contribution in [0.5, 0.6) is 0 Å². The lowest BCUT2D eigenvalue weighted by atomic mass is 9.80. The van der Waals surface area contributed by atoms with Gasteiger partial charge in [-0.05, 0) is 39.5 Å². The first-order valence-electron chi connectivity index (χ1n) is 5.69. The van der Waals surface area contributed by atoms with Crippen molar-refractivity contribution in [2.75, 3.05) is 6.54 Å². The third-order valence-electron chi connectivity index (χ3n) is 3.11. The van der Waals surface area contributed by atoms with Gasteiger partial charge in [-0.25, -0.2) is 0 Å². The molecule has 1 fully saturated rings. The minimum atomic E-state index is -0.0643. The third kappa shape index (κ3) is 2.98. The van der Waals surface area contributed by atoms with Gasteiger partial charge in [-0.2, -0.15) is 0 Å². The van der Waals surface area contributed by atoms with Crippen molar-refractivity contribution in [1.82, 2.24) is 10.6 Å². The summed E-state index contributed by atoms with van der Waals surface area (Å²) in [6.45, 7) is 6.77. The second kappa shape index (κ2) is 5.35. The Kier molecular flexibility index (Phi) is 4.39. The highest BCUT2D eigenvalue weighted by molar-refractivity contribution is 5.81. The first kappa shape index (κ1) is 11.5. The zero-order chi connectivity index (χ0) is 10.6. The van der Waals surface area contributed by atoms with Gasteiger partial charge in [0.25, 0.3) is 0 Å². The van der Waals surface area contributed by atoms with E-state index < -0.39 is 0 Å². The molecular formula is C11H22N2O. The van der Waals surface area contributed by atoms with Gasteiger partial charge in [-0.3, -0.25) is 4.79 Å². The average Bonchev–Trinajstić information content (AvgIpc) is 2.00. The van der Waals surface area contributed by atoms with Gasteiger partial charge in [0.2, 0.25) is 5.91 Å². The number of likely N-dealkylation sites (N-methyl/N-ethyl adjacent to an activating group) is 1. The van der Waals surface area contributed by atoms with Crippen LogP contribution in [0.1, 0.15) is 40.0 Å². The molecule has 0 aliphatic heterocycles. The Morgan fingerprint density at radius 3 is 2.50 bits per heavy atom. The maximum atomic E-state index is 11.4. The summed E-state index contributed by atoms with van der Waals surface area (Å²) >= 11 is 0. The van der Waals surface area contributed by atoms with Crippen LogP contribution >= 0.6 is 0 Å². The van der Waals surface area contributed by atoms with Crippen molar-refractivity contribution in [1.29, 1.82) is 0 Å². The molecule has 1 amide bonds. The normalized spacial score (nSPS) is 21.1. The zero-order valence-electron chi connectivity index (χ0n) is 9.47. The van der Waals surface area contributed by atoms with Crippen LogP contribution in [0.2, 0.25) is 0 Å². The average molecular weight is 198 g/mol. The van der Waals surface area contributed by atoms with Gasteiger partial charge >= 0.3 is 0 Å². The van der Waals surface area contributed by atoms with Crippen LogP contribution in [0.3, 0.4) is 0 Å². The van der Waals surface area contributed by atoms with Crippen molar-refractivity contribution in [3.05, 3.63) is 0 Å². The summed E-state index contributed by atoms with van der Waals surface area (Å²) in [4.78, 5) is 11.4. The lowest BCUT2D eigenvalue weighted by Gasteiger charge is -2.33. The number of hydrogen-bond donors (Lipinski definition) is 2. The number of carbonyl (C=O) groups excluding carboxylic acids is 1. The molecule has 0 radical (unpaired) electrons. The van der Waals surface area contributed by atoms with Gasteiger partial charge in [0, 0.05) is 12.6 Å². The van der Waals surface area contributed by atoms with Crippen molar-refractivity contribution in [2.24, 2.45) is 5.92 Å². The molecule has 1 saturated carbocycles. The topological polar surface area (TPSA) is 41.1 Å². The van der Waals surface area contributed by atoms with Crippen LogP contribution in [0, 0.1) is 5.92 Å². The smallest absolute Gasteiger partial charge is 0.236 e. The number of nitrogens with one attached hydrogen (secondary N) is 2. The molecular weight excluding hydrogens is 176 g/mol. The van der Waals surface area contributed by atoms with E-state index in [-0.39, 0.29) is 11.9 Å². The van der Waals surface area contributed by atoms with E-state index in [2.05, 4.69) is 17.6 Å². The van der Waals surface area contributed by atoms with Gasteiger partial charge in [-0.15, -0.1) is 0 Å². The van der Waals surface area contributed by atoms with E-state index in [1.165, 1.54) is 19.3 Å². The van der Waals surface area contributed by atoms with Crippen LogP contribution in [-0.2, 0) is 4.79 Å². The Morgan fingerprint density at radius 1 is 1.43 bits per heavy atom. The van der Waals surface area contributed by atoms with E-state index in [0.29, 0.717) is 12.6 Å². The zero-order valence-corrected chi connectivity index (χ0v) is 9.47. The fraction of sp³-hybridized carbons (Fsp3) is 0.909. The molecule has 0 bridgehead atoms. The number of hydrogen-bond acceptors (Lipinski definition) is 2. The van der Waals surface area contributed by atoms with Crippen molar-refractivity contribution >= 4 is 5.91 Å². The molecule has 0 spiro atoms. The minimum Gasteiger partial charge on any atom is -0.355 e. The van der Waals surface area contributed by atoms with E-state index in [1.807, 2.05) is 13.8 Å². The van der Waals surface area contributed by atoms with Crippen LogP contribution in [0.15, 0.2) is 0 Å². The number of amides is 1. The molecule has 0 heterocycles. The van der Waals surface area contributed by atoms with Gasteiger partial charge < -0.3 is 10.6 Å². The summed E-state index contributed by atoms with van der Waals surface area (Å²) in [6, 6.07) is 0.409. The van der Waals surface area contributed by atoms with E-state index in [4.69, 9.17) is 0 Å². The van der Waals surface area contributed by atoms with Crippen molar-refractivity contribution in [3.8, 4) is 0 Å². The molecule has 0 aromatic carbocycles. The Hall–Kier alpha value is -0.570. The van der Waals surface area contributed by atoms with Crippen molar-refractivity contribution in [2.45, 2.75) is 52.1 Å². The van der Waals surface area contributed by atoms with Crippen molar-refractivity contribution in [3.63, 3.8) is 0 Å². The molecule has 1 aliphatic rings. The Balaban J connectivity index is 2.24. The van der Waals surface area contributed by atoms with E-state index in [1.54, 1.807) is 0 Å². The fourth-order valence-corrected chi connectivity index (χ4v) is 1.87. The third-order valence-corrected chi connectivity index (χ3v) is 3.11. The second-order valence-electron chi connectivity index (χ2n) is 4.26. The van der Waals surface area contributed by atoms with Crippen LogP contribution in [0.25, 0.3) is 0 Å². The molecule has 14 heavy (non-hydrogen) atoms. The first-order chi connectivity index (χ1) is 6.65. The highest BCUT2D eigenvalue weighted by Crippen LogP contribution is 2.29. The Morgan fingerprint density at radius 2 is 2.07 bits per heavy atom. The highest BCUT2D eigenvalue weighted by atomic mass is 16.2. The molecule has 0 aromatic rings. The van der Waals surface area contributed by atoms with E-state index in [0.717, 1.165) is 5.92 Å². The summed E-state index contributed by atoms with van der Waals surface area (Å²) in [7, 11) is 0. The molecule has 3 heteroatoms. The summed E-state index contributed by atoms with van der Waals surface area (Å²) in [6.07, 6.45) is 3.98. The molecule has 1 rings (SSSR count). The second-order valence-corrected chi connectivity index (χ2v) is 4.26. The molecule has 2 unspecified atom stereocenters. The van der Waals surface area contributed by atoms with Gasteiger partial charge in [0.05, 0.1) is 6.04 Å². The molecule has 2 atom stereocenters. The maximum Gasteiger partial charge on any atom is 0.236 e. The maximum absolute atomic E-state index is 11.4. The van der Waals surface area contributed by atoms with Gasteiger partial charge in [0.15, 0.2) is 0 Å². The number of rotatable bonds is 5. The van der Waals surface area contributed by atoms with Gasteiger partial charge in [-0.1, -0.05) is 6.42 Å². The molecule has 0 saturated heterocycles. The quantitative estimate of drug-likeness (QED) is 0.699. The van der Waals surface area contributed by atoms with E-state index in [9.17, 15) is 4.79 Å². The van der Waals surface area contributed by atoms with Crippen LogP contribution in [0.4, 0.5) is 0 Å². The highest BCUT2D eigenvalue weighted by Gasteiger charge is 2.25. The predicted molar refractivity (Wildman–Crippen MR) is 58.1 cm³/mol. The lowest BCUT2D eigenvalue weighted by Crippen LogP contribution is -2.49. The summed E-state index contributed by atoms with van der Waals surface area (Å²) in [5.74, 6) is 0.894. The standard InChI is InChI=1S/C11H22N2O/c1-4-12-11(14)9(3)13-8(2)10-6-5-7-10/h8-10,13H,4-7H2,1-3H3,(H,12,14). The molecule has 0 aromatic heterocycles. The monoisotopic (exact) mass is 198 g/mol. The minimum absolute atomic E-state index is 0.0643. The summed E-state index contributed by atoms with van der Waals surface area (Å²) in [5.41, 5.74) is 0. The first-order valence-corrected chi connectivity index (χ1v) is 5.69. The summed E-state index contributed by atoms with van der Waals surface area (Å²) < 4.78 is 0. The SMILES string of the molecule is CCNC(=O)C(C)NC(C)C1CCC1. The lowest BCUT2D eigenvalue weighted by molar-refractivity contribution is -0.122. The Bertz CT molecular complexity index is 190. The van der Waals surface area contributed by atoms with Gasteiger partial charge in [0.1, 0.15) is 0 Å². The largest absolute Gasteiger partial charge is 0.355 e. The molecule has 82 valence electrons. The van der Waals surface area contributed by atoms with Crippen molar-refractivity contribution < 1.29 is 4.79 Å². The predicted octanol–water partition coefficient (Wildman–Crippen LogP) is 1.29. The fourth-order valence-electron chi connectivity index (χ4n) is 1.87. The number of carbonyl (C=O) groups is 1. The molecule has 2 N–H and O–H groups in total. The Labute approximate surface area is 86.6 Å². The summed E-state index contributed by atoms with van der Waals surface area (Å²) in [5, 5.41) is 6.18. The van der Waals surface area contributed by atoms with Crippen LogP contribution in [-0.4, -0.2) is 24.5 Å². The van der Waals surface area contributed by atoms with Crippen LogP contribution < -0.4 is 10.6 Å². The molecule has 1 aliphatic carbocycles. The molecule has 3 nitrogen and oxygen atoms in total.